The summed E-state index contributed by atoms with van der Waals surface area (Å²) in [5, 5.41) is 8.78. The molecule has 0 saturated heterocycles. The monoisotopic (exact) mass is 317 g/mol. The van der Waals surface area contributed by atoms with E-state index in [1.807, 2.05) is 13.8 Å². The number of ether oxygens (including phenoxy) is 2. The van der Waals surface area contributed by atoms with Gasteiger partial charge in [0.1, 0.15) is 5.72 Å². The molecule has 0 aromatic rings. The van der Waals surface area contributed by atoms with Gasteiger partial charge in [-0.05, 0) is 52.9 Å². The van der Waals surface area contributed by atoms with Crippen molar-refractivity contribution in [1.82, 2.24) is 0 Å². The lowest BCUT2D eigenvalue weighted by Gasteiger charge is -2.40. The Morgan fingerprint density at radius 1 is 1.00 bits per heavy atom. The van der Waals surface area contributed by atoms with Gasteiger partial charge in [0.2, 0.25) is 0 Å². The van der Waals surface area contributed by atoms with Gasteiger partial charge in [0.05, 0.1) is 24.2 Å². The number of rotatable bonds is 9. The molecule has 5 nitrogen and oxygen atoms in total. The van der Waals surface area contributed by atoms with E-state index in [2.05, 4.69) is 34.6 Å². The van der Waals surface area contributed by atoms with Gasteiger partial charge in [-0.15, -0.1) is 0 Å². The number of carbonyl (C=O) groups is 1. The molecule has 0 amide bonds. The van der Waals surface area contributed by atoms with Gasteiger partial charge in [0, 0.05) is 0 Å². The Labute approximate surface area is 135 Å². The molecule has 0 aromatic heterocycles. The Balaban J connectivity index is 4.44. The van der Waals surface area contributed by atoms with Gasteiger partial charge in [0.15, 0.2) is 0 Å². The van der Waals surface area contributed by atoms with Crippen molar-refractivity contribution >= 4 is 5.97 Å². The third-order valence-corrected chi connectivity index (χ3v) is 3.15. The Bertz CT molecular complexity index is 367. The number of aliphatic carboxylic acids is 1. The molecule has 3 N–H and O–H groups in total. The van der Waals surface area contributed by atoms with Crippen molar-refractivity contribution in [3.05, 3.63) is 0 Å². The highest BCUT2D eigenvalue weighted by Crippen LogP contribution is 2.33. The van der Waals surface area contributed by atoms with Gasteiger partial charge in [0.25, 0.3) is 0 Å². The van der Waals surface area contributed by atoms with E-state index in [0.717, 1.165) is 6.42 Å². The van der Waals surface area contributed by atoms with Crippen molar-refractivity contribution < 1.29 is 19.4 Å². The van der Waals surface area contributed by atoms with Gasteiger partial charge >= 0.3 is 5.97 Å². The van der Waals surface area contributed by atoms with Crippen LogP contribution in [-0.2, 0) is 14.3 Å². The van der Waals surface area contributed by atoms with Crippen LogP contribution in [-0.4, -0.2) is 34.6 Å². The summed E-state index contributed by atoms with van der Waals surface area (Å²) in [7, 11) is 0. The van der Waals surface area contributed by atoms with E-state index in [1.165, 1.54) is 0 Å². The zero-order valence-electron chi connectivity index (χ0n) is 15.6. The molecule has 1 unspecified atom stereocenters. The van der Waals surface area contributed by atoms with Crippen LogP contribution in [0, 0.1) is 5.41 Å². The van der Waals surface area contributed by atoms with Crippen LogP contribution in [0.5, 0.6) is 0 Å². The summed E-state index contributed by atoms with van der Waals surface area (Å²) in [6, 6.07) is 0. The molecule has 0 rings (SSSR count). The fourth-order valence-corrected chi connectivity index (χ4v) is 2.99. The lowest BCUT2D eigenvalue weighted by atomic mass is 9.83. The summed E-state index contributed by atoms with van der Waals surface area (Å²) in [4.78, 5) is 10.7. The first kappa shape index (κ1) is 21.4. The maximum absolute atomic E-state index is 10.7. The number of carboxylic acid groups (broad SMARTS) is 1. The first-order valence-corrected chi connectivity index (χ1v) is 7.89. The van der Waals surface area contributed by atoms with Crippen LogP contribution in [0.2, 0.25) is 0 Å². The smallest absolute Gasteiger partial charge is 0.307 e. The zero-order chi connectivity index (χ0) is 17.8. The predicted octanol–water partition coefficient (Wildman–Crippen LogP) is 3.55. The molecule has 5 heteroatoms. The van der Waals surface area contributed by atoms with Crippen LogP contribution in [0.1, 0.15) is 74.7 Å². The molecule has 132 valence electrons. The van der Waals surface area contributed by atoms with Crippen molar-refractivity contribution in [2.45, 2.75) is 91.6 Å². The molecular formula is C17H35NO4. The number of carboxylic acids is 1. The van der Waals surface area contributed by atoms with Crippen LogP contribution in [0.3, 0.4) is 0 Å². The van der Waals surface area contributed by atoms with E-state index in [9.17, 15) is 4.79 Å². The molecule has 0 spiro atoms. The Morgan fingerprint density at radius 2 is 1.50 bits per heavy atom. The van der Waals surface area contributed by atoms with Gasteiger partial charge in [-0.3, -0.25) is 4.79 Å². The van der Waals surface area contributed by atoms with Gasteiger partial charge < -0.3 is 20.3 Å². The standard InChI is InChI=1S/C17H35NO4/c1-14(2,3)12-16(6,7)22-15(4,5)9-10-21-17(8,18)11-13(19)20/h9-12,18H2,1-8H3,(H,19,20). The van der Waals surface area contributed by atoms with Gasteiger partial charge in [-0.1, -0.05) is 20.8 Å². The van der Waals surface area contributed by atoms with E-state index in [0.29, 0.717) is 13.0 Å². The summed E-state index contributed by atoms with van der Waals surface area (Å²) in [6.45, 7) is 16.8. The lowest BCUT2D eigenvalue weighted by Crippen LogP contribution is -2.44. The summed E-state index contributed by atoms with van der Waals surface area (Å²) in [5.41, 5.74) is 4.24. The third-order valence-electron chi connectivity index (χ3n) is 3.15. The molecule has 1 atom stereocenters. The van der Waals surface area contributed by atoms with Gasteiger partial charge in [-0.25, -0.2) is 0 Å². The fraction of sp³-hybridized carbons (Fsp3) is 0.941. The summed E-state index contributed by atoms with van der Waals surface area (Å²) < 4.78 is 11.8. The molecule has 0 aliphatic rings. The van der Waals surface area contributed by atoms with Gasteiger partial charge in [-0.2, -0.15) is 0 Å². The molecule has 0 aliphatic heterocycles. The van der Waals surface area contributed by atoms with E-state index >= 15 is 0 Å². The molecule has 0 bridgehead atoms. The van der Waals surface area contributed by atoms with Crippen LogP contribution in [0.15, 0.2) is 0 Å². The Morgan fingerprint density at radius 3 is 1.91 bits per heavy atom. The fourth-order valence-electron chi connectivity index (χ4n) is 2.99. The maximum atomic E-state index is 10.7. The van der Waals surface area contributed by atoms with E-state index < -0.39 is 11.7 Å². The molecule has 0 aliphatic carbocycles. The summed E-state index contributed by atoms with van der Waals surface area (Å²) >= 11 is 0. The molecule has 0 heterocycles. The highest BCUT2D eigenvalue weighted by molar-refractivity contribution is 5.67. The highest BCUT2D eigenvalue weighted by atomic mass is 16.5. The molecular weight excluding hydrogens is 282 g/mol. The first-order chi connectivity index (χ1) is 9.54. The minimum absolute atomic E-state index is 0.188. The Kier molecular flexibility index (Phi) is 7.07. The number of hydrogen-bond acceptors (Lipinski definition) is 4. The van der Waals surface area contributed by atoms with Crippen molar-refractivity contribution in [3.63, 3.8) is 0 Å². The number of nitrogens with two attached hydrogens (primary N) is 1. The molecule has 0 fully saturated rings. The Hall–Kier alpha value is -0.650. The zero-order valence-corrected chi connectivity index (χ0v) is 15.6. The largest absolute Gasteiger partial charge is 0.481 e. The predicted molar refractivity (Wildman–Crippen MR) is 88.7 cm³/mol. The summed E-state index contributed by atoms with van der Waals surface area (Å²) in [5.74, 6) is -0.966. The molecule has 0 saturated carbocycles. The SMILES string of the molecule is CC(C)(C)CC(C)(C)OC(C)(C)CCOC(C)(N)CC(=O)O. The molecule has 22 heavy (non-hydrogen) atoms. The van der Waals surface area contributed by atoms with Crippen molar-refractivity contribution in [2.75, 3.05) is 6.61 Å². The highest BCUT2D eigenvalue weighted by Gasteiger charge is 2.33. The quantitative estimate of drug-likeness (QED) is 0.635. The van der Waals surface area contributed by atoms with Crippen molar-refractivity contribution in [2.24, 2.45) is 11.1 Å². The summed E-state index contributed by atoms with van der Waals surface area (Å²) in [6.07, 6.45) is 1.37. The van der Waals surface area contributed by atoms with E-state index in [4.69, 9.17) is 20.3 Å². The number of hydrogen-bond donors (Lipinski definition) is 2. The maximum Gasteiger partial charge on any atom is 0.307 e. The van der Waals surface area contributed by atoms with Crippen molar-refractivity contribution in [3.8, 4) is 0 Å². The van der Waals surface area contributed by atoms with Crippen LogP contribution < -0.4 is 5.73 Å². The van der Waals surface area contributed by atoms with Crippen LogP contribution in [0.4, 0.5) is 0 Å². The average Bonchev–Trinajstić information content (AvgIpc) is 2.06. The third kappa shape index (κ3) is 11.0. The van der Waals surface area contributed by atoms with E-state index in [1.54, 1.807) is 6.92 Å². The van der Waals surface area contributed by atoms with Crippen molar-refractivity contribution in [1.29, 1.82) is 0 Å². The molecule has 0 aromatic carbocycles. The van der Waals surface area contributed by atoms with Crippen LogP contribution >= 0.6 is 0 Å². The minimum atomic E-state index is -1.15. The topological polar surface area (TPSA) is 81.8 Å². The van der Waals surface area contributed by atoms with Crippen LogP contribution in [0.25, 0.3) is 0 Å². The second-order valence-electron chi connectivity index (χ2n) is 8.84. The normalized spacial score (nSPS) is 16.4. The second-order valence-corrected chi connectivity index (χ2v) is 8.84. The lowest BCUT2D eigenvalue weighted by molar-refractivity contribution is -0.156. The second kappa shape index (κ2) is 7.28. The minimum Gasteiger partial charge on any atom is -0.481 e. The average molecular weight is 317 g/mol. The first-order valence-electron chi connectivity index (χ1n) is 7.89. The molecule has 0 radical (unpaired) electrons. The van der Waals surface area contributed by atoms with E-state index in [-0.39, 0.29) is 23.0 Å².